The molecule has 0 saturated carbocycles. The minimum atomic E-state index is -0.463. The average molecular weight is 386 g/mol. The van der Waals surface area contributed by atoms with E-state index in [2.05, 4.69) is 20.3 Å². The molecule has 1 aromatic carbocycles. The summed E-state index contributed by atoms with van der Waals surface area (Å²) in [6, 6.07) is 15.5. The SMILES string of the molecule is CCc1nc(NCc2ccccc2)nc(-c2c(C)cc3c(C(N)=O)cccn23)n1. The molecule has 3 heterocycles. The molecule has 0 spiro atoms. The molecule has 29 heavy (non-hydrogen) atoms. The van der Waals surface area contributed by atoms with Gasteiger partial charge in [0.05, 0.1) is 16.8 Å². The van der Waals surface area contributed by atoms with Gasteiger partial charge in [0.1, 0.15) is 5.82 Å². The molecule has 0 fully saturated rings. The lowest BCUT2D eigenvalue weighted by molar-refractivity contribution is 0.100. The number of nitrogens with zero attached hydrogens (tertiary/aromatic N) is 4. The largest absolute Gasteiger partial charge is 0.366 e. The molecule has 1 amide bonds. The van der Waals surface area contributed by atoms with Gasteiger partial charge in [-0.3, -0.25) is 4.79 Å². The number of fused-ring (bicyclic) bond motifs is 1. The fourth-order valence-electron chi connectivity index (χ4n) is 3.36. The van der Waals surface area contributed by atoms with E-state index in [1.807, 2.05) is 60.8 Å². The van der Waals surface area contributed by atoms with Crippen molar-refractivity contribution in [2.24, 2.45) is 5.73 Å². The number of anilines is 1. The predicted molar refractivity (Wildman–Crippen MR) is 113 cm³/mol. The number of benzene rings is 1. The van der Waals surface area contributed by atoms with Crippen molar-refractivity contribution in [1.29, 1.82) is 0 Å². The maximum atomic E-state index is 11.8. The Labute approximate surface area is 168 Å². The first-order chi connectivity index (χ1) is 14.1. The topological polar surface area (TPSA) is 98.2 Å². The summed E-state index contributed by atoms with van der Waals surface area (Å²) in [5.41, 5.74) is 9.67. The maximum Gasteiger partial charge on any atom is 0.250 e. The van der Waals surface area contributed by atoms with Gasteiger partial charge in [-0.25, -0.2) is 4.98 Å². The molecular formula is C22H22N6O. The molecule has 0 unspecified atom stereocenters. The first-order valence-electron chi connectivity index (χ1n) is 9.50. The zero-order valence-electron chi connectivity index (χ0n) is 16.4. The molecule has 7 heteroatoms. The summed E-state index contributed by atoms with van der Waals surface area (Å²) in [4.78, 5) is 25.6. The van der Waals surface area contributed by atoms with Crippen LogP contribution in [0.2, 0.25) is 0 Å². The van der Waals surface area contributed by atoms with Crippen LogP contribution in [0.1, 0.15) is 34.2 Å². The Morgan fingerprint density at radius 3 is 2.62 bits per heavy atom. The van der Waals surface area contributed by atoms with Crippen LogP contribution < -0.4 is 11.1 Å². The summed E-state index contributed by atoms with van der Waals surface area (Å²) in [5.74, 6) is 1.32. The molecule has 0 saturated heterocycles. The monoisotopic (exact) mass is 386 g/mol. The number of primary amides is 1. The van der Waals surface area contributed by atoms with Crippen molar-refractivity contribution < 1.29 is 4.79 Å². The van der Waals surface area contributed by atoms with E-state index in [1.165, 1.54) is 0 Å². The third-order valence-corrected chi connectivity index (χ3v) is 4.77. The second-order valence-corrected chi connectivity index (χ2v) is 6.81. The summed E-state index contributed by atoms with van der Waals surface area (Å²) in [5, 5.41) is 3.29. The van der Waals surface area contributed by atoms with Crippen molar-refractivity contribution >= 4 is 17.4 Å². The van der Waals surface area contributed by atoms with Crippen LogP contribution in [0, 0.1) is 6.92 Å². The van der Waals surface area contributed by atoms with Crippen molar-refractivity contribution in [2.45, 2.75) is 26.8 Å². The normalized spacial score (nSPS) is 11.0. The standard InChI is InChI=1S/C22H22N6O/c1-3-18-25-21(27-22(26-18)24-13-15-8-5-4-6-9-15)19-14(2)12-17-16(20(23)29)10-7-11-28(17)19/h4-12H,3,13H2,1-2H3,(H2,23,29)(H,24,25,26,27). The molecule has 7 nitrogen and oxygen atoms in total. The van der Waals surface area contributed by atoms with Crippen LogP contribution in [0.4, 0.5) is 5.95 Å². The molecule has 0 aliphatic carbocycles. The van der Waals surface area contributed by atoms with Crippen LogP contribution in [0.3, 0.4) is 0 Å². The lowest BCUT2D eigenvalue weighted by Crippen LogP contribution is -2.12. The number of aromatic nitrogens is 4. The molecular weight excluding hydrogens is 364 g/mol. The number of pyridine rings is 1. The Morgan fingerprint density at radius 1 is 1.10 bits per heavy atom. The van der Waals surface area contributed by atoms with Gasteiger partial charge in [-0.1, -0.05) is 37.3 Å². The van der Waals surface area contributed by atoms with Crippen molar-refractivity contribution in [3.05, 3.63) is 77.2 Å². The van der Waals surface area contributed by atoms with E-state index in [9.17, 15) is 4.79 Å². The van der Waals surface area contributed by atoms with E-state index in [0.717, 1.165) is 22.3 Å². The Kier molecular flexibility index (Phi) is 4.95. The summed E-state index contributed by atoms with van der Waals surface area (Å²) < 4.78 is 1.91. The van der Waals surface area contributed by atoms with Crippen LogP contribution in [-0.4, -0.2) is 25.3 Å². The highest BCUT2D eigenvalue weighted by Crippen LogP contribution is 2.27. The van der Waals surface area contributed by atoms with Crippen molar-refractivity contribution in [2.75, 3.05) is 5.32 Å². The Hall–Kier alpha value is -3.74. The molecule has 0 bridgehead atoms. The molecule has 0 aliphatic rings. The Bertz CT molecular complexity index is 1180. The number of nitrogens with one attached hydrogen (secondary N) is 1. The fraction of sp³-hybridized carbons (Fsp3) is 0.182. The zero-order chi connectivity index (χ0) is 20.4. The summed E-state index contributed by atoms with van der Waals surface area (Å²) in [6.07, 6.45) is 2.57. The van der Waals surface area contributed by atoms with Crippen LogP contribution in [0.15, 0.2) is 54.7 Å². The van der Waals surface area contributed by atoms with Gasteiger partial charge < -0.3 is 15.5 Å². The summed E-state index contributed by atoms with van der Waals surface area (Å²) in [6.45, 7) is 4.60. The number of nitrogens with two attached hydrogens (primary N) is 1. The van der Waals surface area contributed by atoms with Crippen LogP contribution in [0.25, 0.3) is 17.0 Å². The molecule has 0 radical (unpaired) electrons. The van der Waals surface area contributed by atoms with Gasteiger partial charge in [-0.15, -0.1) is 0 Å². The van der Waals surface area contributed by atoms with Gasteiger partial charge in [0.15, 0.2) is 5.82 Å². The molecule has 4 aromatic rings. The van der Waals surface area contributed by atoms with E-state index in [4.69, 9.17) is 5.73 Å². The minimum absolute atomic E-state index is 0.463. The molecule has 3 aromatic heterocycles. The van der Waals surface area contributed by atoms with E-state index < -0.39 is 5.91 Å². The third kappa shape index (κ3) is 3.67. The number of hydrogen-bond donors (Lipinski definition) is 2. The molecule has 0 atom stereocenters. The van der Waals surface area contributed by atoms with Crippen molar-refractivity contribution in [3.63, 3.8) is 0 Å². The lowest BCUT2D eigenvalue weighted by atomic mass is 10.2. The highest BCUT2D eigenvalue weighted by atomic mass is 16.1. The highest BCUT2D eigenvalue weighted by molar-refractivity contribution is 6.00. The zero-order valence-corrected chi connectivity index (χ0v) is 16.4. The van der Waals surface area contributed by atoms with E-state index in [1.54, 1.807) is 12.1 Å². The highest BCUT2D eigenvalue weighted by Gasteiger charge is 2.17. The fourth-order valence-corrected chi connectivity index (χ4v) is 3.36. The van der Waals surface area contributed by atoms with Gasteiger partial charge in [0.25, 0.3) is 5.91 Å². The second kappa shape index (κ2) is 7.71. The first-order valence-corrected chi connectivity index (χ1v) is 9.50. The Morgan fingerprint density at radius 2 is 1.90 bits per heavy atom. The molecule has 3 N–H and O–H groups in total. The van der Waals surface area contributed by atoms with E-state index in [0.29, 0.717) is 36.1 Å². The number of carbonyl (C=O) groups excluding carboxylic acids is 1. The predicted octanol–water partition coefficient (Wildman–Crippen LogP) is 3.37. The van der Waals surface area contributed by atoms with Gasteiger partial charge in [-0.05, 0) is 36.2 Å². The smallest absolute Gasteiger partial charge is 0.250 e. The minimum Gasteiger partial charge on any atom is -0.366 e. The quantitative estimate of drug-likeness (QED) is 0.529. The van der Waals surface area contributed by atoms with Gasteiger partial charge in [0.2, 0.25) is 5.95 Å². The Balaban J connectivity index is 1.78. The lowest BCUT2D eigenvalue weighted by Gasteiger charge is -2.10. The number of amides is 1. The average Bonchev–Trinajstić information content (AvgIpc) is 3.08. The van der Waals surface area contributed by atoms with Crippen molar-refractivity contribution in [3.8, 4) is 11.5 Å². The molecule has 0 aliphatic heterocycles. The number of aryl methyl sites for hydroxylation is 2. The van der Waals surface area contributed by atoms with E-state index >= 15 is 0 Å². The first kappa shape index (κ1) is 18.6. The van der Waals surface area contributed by atoms with Crippen LogP contribution in [-0.2, 0) is 13.0 Å². The maximum absolute atomic E-state index is 11.8. The van der Waals surface area contributed by atoms with Gasteiger partial charge >= 0.3 is 0 Å². The van der Waals surface area contributed by atoms with Crippen LogP contribution >= 0.6 is 0 Å². The summed E-state index contributed by atoms with van der Waals surface area (Å²) >= 11 is 0. The number of hydrogen-bond acceptors (Lipinski definition) is 5. The van der Waals surface area contributed by atoms with E-state index in [-0.39, 0.29) is 0 Å². The number of carbonyl (C=O) groups is 1. The van der Waals surface area contributed by atoms with Gasteiger partial charge in [-0.2, -0.15) is 9.97 Å². The molecule has 4 rings (SSSR count). The third-order valence-electron chi connectivity index (χ3n) is 4.77. The van der Waals surface area contributed by atoms with Gasteiger partial charge in [0, 0.05) is 19.2 Å². The number of rotatable bonds is 6. The molecule has 146 valence electrons. The van der Waals surface area contributed by atoms with Crippen LogP contribution in [0.5, 0.6) is 0 Å². The summed E-state index contributed by atoms with van der Waals surface area (Å²) in [7, 11) is 0. The van der Waals surface area contributed by atoms with Crippen molar-refractivity contribution in [1.82, 2.24) is 19.4 Å². The second-order valence-electron chi connectivity index (χ2n) is 6.81.